The molecule has 0 aliphatic carbocycles. The molecule has 17 heavy (non-hydrogen) atoms. The molecule has 1 aliphatic rings. The third-order valence-corrected chi connectivity index (χ3v) is 3.29. The first kappa shape index (κ1) is 10.6. The molecule has 1 aliphatic heterocycles. The van der Waals surface area contributed by atoms with E-state index in [0.29, 0.717) is 22.8 Å². The van der Waals surface area contributed by atoms with E-state index in [9.17, 15) is 5.11 Å². The maximum Gasteiger partial charge on any atom is 0.276 e. The third kappa shape index (κ3) is 2.42. The van der Waals surface area contributed by atoms with Crippen LogP contribution in [0.3, 0.4) is 0 Å². The molecule has 88 valence electrons. The van der Waals surface area contributed by atoms with Crippen molar-refractivity contribution in [1.29, 1.82) is 0 Å². The first-order valence-electron chi connectivity index (χ1n) is 5.19. The number of epoxide rings is 1. The second-order valence-corrected chi connectivity index (χ2v) is 4.63. The Kier molecular flexibility index (Phi) is 2.74. The first-order chi connectivity index (χ1) is 8.33. The van der Waals surface area contributed by atoms with Gasteiger partial charge in [-0.2, -0.15) is 0 Å². The van der Waals surface area contributed by atoms with Crippen molar-refractivity contribution < 1.29 is 14.3 Å². The predicted octanol–water partition coefficient (Wildman–Crippen LogP) is 1.93. The molecule has 1 aromatic carbocycles. The van der Waals surface area contributed by atoms with Crippen LogP contribution in [-0.4, -0.2) is 33.8 Å². The molecule has 0 amide bonds. The van der Waals surface area contributed by atoms with Crippen LogP contribution in [0.4, 0.5) is 0 Å². The van der Waals surface area contributed by atoms with Crippen LogP contribution in [-0.2, 0) is 4.74 Å². The minimum atomic E-state index is 0.137. The van der Waals surface area contributed by atoms with E-state index in [2.05, 4.69) is 10.2 Å². The lowest BCUT2D eigenvalue weighted by Gasteiger charge is -1.97. The van der Waals surface area contributed by atoms with Crippen molar-refractivity contribution in [1.82, 2.24) is 10.2 Å². The van der Waals surface area contributed by atoms with Crippen molar-refractivity contribution in [2.45, 2.75) is 11.3 Å². The quantitative estimate of drug-likeness (QED) is 0.660. The molecule has 1 saturated heterocycles. The van der Waals surface area contributed by atoms with Gasteiger partial charge in [-0.1, -0.05) is 23.9 Å². The van der Waals surface area contributed by atoms with Gasteiger partial charge in [0, 0.05) is 5.75 Å². The number of aromatic hydroxyl groups is 1. The second-order valence-electron chi connectivity index (χ2n) is 3.66. The number of thioether (sulfide) groups is 1. The van der Waals surface area contributed by atoms with Gasteiger partial charge in [0.1, 0.15) is 5.75 Å². The average Bonchev–Trinajstić information content (AvgIpc) is 3.06. The van der Waals surface area contributed by atoms with Gasteiger partial charge in [-0.25, -0.2) is 0 Å². The number of hydrogen-bond donors (Lipinski definition) is 1. The maximum atomic E-state index is 9.65. The lowest BCUT2D eigenvalue weighted by Crippen LogP contribution is -1.87. The number of aromatic nitrogens is 2. The van der Waals surface area contributed by atoms with Gasteiger partial charge in [0.25, 0.3) is 11.1 Å². The number of phenolic OH excluding ortho intramolecular Hbond substituents is 1. The van der Waals surface area contributed by atoms with Gasteiger partial charge in [0.15, 0.2) is 0 Å². The van der Waals surface area contributed by atoms with E-state index in [4.69, 9.17) is 9.15 Å². The molecule has 1 atom stereocenters. The summed E-state index contributed by atoms with van der Waals surface area (Å²) in [6.45, 7) is 0.813. The lowest BCUT2D eigenvalue weighted by molar-refractivity contribution is 0.423. The monoisotopic (exact) mass is 250 g/mol. The molecule has 5 nitrogen and oxygen atoms in total. The van der Waals surface area contributed by atoms with E-state index >= 15 is 0 Å². The molecule has 0 radical (unpaired) electrons. The molecular formula is C11H10N2O3S. The fourth-order valence-electron chi connectivity index (χ4n) is 1.36. The number of ether oxygens (including phenoxy) is 1. The number of phenols is 1. The van der Waals surface area contributed by atoms with Crippen molar-refractivity contribution in [3.05, 3.63) is 24.3 Å². The van der Waals surface area contributed by atoms with Gasteiger partial charge in [-0.3, -0.25) is 0 Å². The zero-order valence-corrected chi connectivity index (χ0v) is 9.68. The normalized spacial score (nSPS) is 18.2. The van der Waals surface area contributed by atoms with E-state index < -0.39 is 0 Å². The van der Waals surface area contributed by atoms with Crippen molar-refractivity contribution in [2.75, 3.05) is 12.4 Å². The van der Waals surface area contributed by atoms with Gasteiger partial charge in [0.05, 0.1) is 18.3 Å². The highest BCUT2D eigenvalue weighted by molar-refractivity contribution is 7.99. The topological polar surface area (TPSA) is 71.7 Å². The number of benzene rings is 1. The summed E-state index contributed by atoms with van der Waals surface area (Å²) in [4.78, 5) is 0. The molecule has 1 N–H and O–H groups in total. The van der Waals surface area contributed by atoms with Crippen LogP contribution in [0.15, 0.2) is 33.9 Å². The summed E-state index contributed by atoms with van der Waals surface area (Å²) in [5.74, 6) is 1.29. The smallest absolute Gasteiger partial charge is 0.276 e. The van der Waals surface area contributed by atoms with Crippen molar-refractivity contribution >= 4 is 11.8 Å². The number of rotatable bonds is 4. The fourth-order valence-corrected chi connectivity index (χ4v) is 2.12. The van der Waals surface area contributed by atoms with E-state index in [1.54, 1.807) is 18.2 Å². The van der Waals surface area contributed by atoms with Gasteiger partial charge < -0.3 is 14.3 Å². The molecule has 2 heterocycles. The molecule has 1 aromatic heterocycles. The highest BCUT2D eigenvalue weighted by Gasteiger charge is 2.23. The van der Waals surface area contributed by atoms with E-state index in [1.165, 1.54) is 11.8 Å². The van der Waals surface area contributed by atoms with Gasteiger partial charge in [-0.05, 0) is 12.1 Å². The molecule has 0 bridgehead atoms. The Labute approximate surface area is 102 Å². The largest absolute Gasteiger partial charge is 0.507 e. The van der Waals surface area contributed by atoms with Crippen molar-refractivity contribution in [3.63, 3.8) is 0 Å². The van der Waals surface area contributed by atoms with E-state index in [1.807, 2.05) is 6.07 Å². The van der Waals surface area contributed by atoms with Crippen LogP contribution in [0.25, 0.3) is 11.5 Å². The summed E-state index contributed by atoms with van der Waals surface area (Å²) in [6.07, 6.45) is 0.320. The van der Waals surface area contributed by atoms with Crippen LogP contribution in [0, 0.1) is 0 Å². The van der Waals surface area contributed by atoms with E-state index in [0.717, 1.165) is 12.4 Å². The van der Waals surface area contributed by atoms with Crippen molar-refractivity contribution in [3.8, 4) is 17.2 Å². The van der Waals surface area contributed by atoms with Gasteiger partial charge in [-0.15, -0.1) is 10.2 Å². The predicted molar refractivity (Wildman–Crippen MR) is 61.9 cm³/mol. The Hall–Kier alpha value is -1.53. The summed E-state index contributed by atoms with van der Waals surface area (Å²) in [5, 5.41) is 18.0. The molecule has 1 unspecified atom stereocenters. The van der Waals surface area contributed by atoms with Crippen LogP contribution in [0.2, 0.25) is 0 Å². The molecule has 1 fully saturated rings. The molecule has 6 heteroatoms. The van der Waals surface area contributed by atoms with Crippen LogP contribution in [0.1, 0.15) is 0 Å². The van der Waals surface area contributed by atoms with E-state index in [-0.39, 0.29) is 5.75 Å². The van der Waals surface area contributed by atoms with Crippen molar-refractivity contribution in [2.24, 2.45) is 0 Å². The number of hydrogen-bond acceptors (Lipinski definition) is 6. The van der Waals surface area contributed by atoms with Crippen LogP contribution >= 0.6 is 11.8 Å². The SMILES string of the molecule is Oc1ccccc1-c1nnc(SCC2CO2)o1. The minimum absolute atomic E-state index is 0.137. The Bertz CT molecular complexity index is 525. The summed E-state index contributed by atoms with van der Waals surface area (Å²) in [5.41, 5.74) is 0.550. The molecule has 2 aromatic rings. The Morgan fingerprint density at radius 1 is 1.35 bits per heavy atom. The number of nitrogens with zero attached hydrogens (tertiary/aromatic N) is 2. The summed E-state index contributed by atoms with van der Waals surface area (Å²) in [7, 11) is 0. The van der Waals surface area contributed by atoms with Crippen LogP contribution in [0.5, 0.6) is 5.75 Å². The lowest BCUT2D eigenvalue weighted by atomic mass is 10.2. The highest BCUT2D eigenvalue weighted by Crippen LogP contribution is 2.30. The zero-order chi connectivity index (χ0) is 11.7. The molecule has 0 saturated carbocycles. The molecular weight excluding hydrogens is 240 g/mol. The molecule has 0 spiro atoms. The standard InChI is InChI=1S/C11H10N2O3S/c14-9-4-2-1-3-8(9)10-12-13-11(16-10)17-6-7-5-15-7/h1-4,7,14H,5-6H2. The Morgan fingerprint density at radius 3 is 2.94 bits per heavy atom. The summed E-state index contributed by atoms with van der Waals surface area (Å²) in [6, 6.07) is 6.88. The summed E-state index contributed by atoms with van der Waals surface area (Å²) < 4.78 is 10.5. The Balaban J connectivity index is 1.77. The zero-order valence-electron chi connectivity index (χ0n) is 8.87. The number of para-hydroxylation sites is 1. The fraction of sp³-hybridized carbons (Fsp3) is 0.273. The third-order valence-electron chi connectivity index (χ3n) is 2.34. The maximum absolute atomic E-state index is 9.65. The van der Waals surface area contributed by atoms with Crippen LogP contribution < -0.4 is 0 Å². The van der Waals surface area contributed by atoms with Gasteiger partial charge in [0.2, 0.25) is 0 Å². The first-order valence-corrected chi connectivity index (χ1v) is 6.18. The average molecular weight is 250 g/mol. The second kappa shape index (κ2) is 4.38. The van der Waals surface area contributed by atoms with Gasteiger partial charge >= 0.3 is 0 Å². The summed E-state index contributed by atoms with van der Waals surface area (Å²) >= 11 is 1.47. The molecule has 3 rings (SSSR count). The Morgan fingerprint density at radius 2 is 2.18 bits per heavy atom. The minimum Gasteiger partial charge on any atom is -0.507 e. The highest BCUT2D eigenvalue weighted by atomic mass is 32.2.